The normalized spacial score (nSPS) is 16.9. The zero-order valence-electron chi connectivity index (χ0n) is 6.12. The molecule has 0 saturated heterocycles. The molecule has 0 aromatic heterocycles. The van der Waals surface area contributed by atoms with E-state index in [2.05, 4.69) is 15.9 Å². The summed E-state index contributed by atoms with van der Waals surface area (Å²) in [4.78, 5) is 0. The van der Waals surface area contributed by atoms with Crippen LogP contribution in [-0.2, 0) is 4.74 Å². The van der Waals surface area contributed by atoms with E-state index < -0.39 is 18.6 Å². The summed E-state index contributed by atoms with van der Waals surface area (Å²) in [5.41, 5.74) is -0.683. The highest BCUT2D eigenvalue weighted by Crippen LogP contribution is 2.16. The zero-order chi connectivity index (χ0) is 8.91. The van der Waals surface area contributed by atoms with Gasteiger partial charge in [0.25, 0.3) is 6.43 Å². The smallest absolute Gasteiger partial charge is 0.261 e. The van der Waals surface area contributed by atoms with E-state index in [1.165, 1.54) is 0 Å². The molecule has 0 aromatic rings. The molecule has 0 aliphatic rings. The molecule has 0 aliphatic heterocycles. The van der Waals surface area contributed by atoms with E-state index in [0.717, 1.165) is 0 Å². The van der Waals surface area contributed by atoms with Gasteiger partial charge in [0.2, 0.25) is 0 Å². The summed E-state index contributed by atoms with van der Waals surface area (Å²) >= 11 is 8.62. The Morgan fingerprint density at radius 2 is 2.18 bits per heavy atom. The standard InChI is InChI=1S/C6H10BrClF2O/c1-6(3-7,4-8)11-2-5(9)10/h5H,2-4H2,1H3. The number of halogens is 4. The van der Waals surface area contributed by atoms with Gasteiger partial charge in [-0.05, 0) is 6.92 Å². The first-order chi connectivity index (χ1) is 5.04. The second kappa shape index (κ2) is 5.27. The van der Waals surface area contributed by atoms with E-state index in [4.69, 9.17) is 16.3 Å². The zero-order valence-corrected chi connectivity index (χ0v) is 8.46. The number of rotatable bonds is 5. The molecule has 0 saturated carbocycles. The molecule has 1 unspecified atom stereocenters. The third kappa shape index (κ3) is 4.93. The van der Waals surface area contributed by atoms with Gasteiger partial charge in [-0.25, -0.2) is 8.78 Å². The van der Waals surface area contributed by atoms with Crippen LogP contribution in [0.1, 0.15) is 6.92 Å². The molecule has 0 N–H and O–H groups in total. The van der Waals surface area contributed by atoms with E-state index >= 15 is 0 Å². The lowest BCUT2D eigenvalue weighted by atomic mass is 10.2. The summed E-state index contributed by atoms with van der Waals surface area (Å²) in [5.74, 6) is 0.199. The van der Waals surface area contributed by atoms with Gasteiger partial charge in [0.1, 0.15) is 6.61 Å². The van der Waals surface area contributed by atoms with Crippen molar-refractivity contribution in [1.82, 2.24) is 0 Å². The predicted molar refractivity (Wildman–Crippen MR) is 44.9 cm³/mol. The maximum absolute atomic E-state index is 11.7. The fourth-order valence-electron chi connectivity index (χ4n) is 0.377. The molecule has 0 aliphatic carbocycles. The highest BCUT2D eigenvalue weighted by Gasteiger charge is 2.23. The van der Waals surface area contributed by atoms with Crippen molar-refractivity contribution in [2.45, 2.75) is 19.0 Å². The lowest BCUT2D eigenvalue weighted by Gasteiger charge is -2.24. The minimum atomic E-state index is -2.43. The van der Waals surface area contributed by atoms with Crippen LogP contribution in [-0.4, -0.2) is 29.8 Å². The van der Waals surface area contributed by atoms with Gasteiger partial charge in [0, 0.05) is 5.33 Å². The lowest BCUT2D eigenvalue weighted by Crippen LogP contribution is -2.34. The molecule has 5 heteroatoms. The quantitative estimate of drug-likeness (QED) is 0.683. The summed E-state index contributed by atoms with van der Waals surface area (Å²) < 4.78 is 28.2. The van der Waals surface area contributed by atoms with Crippen LogP contribution in [0.2, 0.25) is 0 Å². The fraction of sp³-hybridized carbons (Fsp3) is 1.00. The van der Waals surface area contributed by atoms with Crippen molar-refractivity contribution in [3.8, 4) is 0 Å². The minimum absolute atomic E-state index is 0.199. The summed E-state index contributed by atoms with van der Waals surface area (Å²) in [5, 5.41) is 0.455. The van der Waals surface area contributed by atoms with Crippen LogP contribution < -0.4 is 0 Å². The third-order valence-corrected chi connectivity index (χ3v) is 2.87. The molecule has 0 aromatic carbocycles. The predicted octanol–water partition coefficient (Wildman–Crippen LogP) is 2.66. The van der Waals surface area contributed by atoms with Crippen molar-refractivity contribution in [3.05, 3.63) is 0 Å². The van der Waals surface area contributed by atoms with Crippen LogP contribution >= 0.6 is 27.5 Å². The molecule has 0 heterocycles. The Labute approximate surface area is 78.2 Å². The van der Waals surface area contributed by atoms with Crippen LogP contribution in [0.3, 0.4) is 0 Å². The van der Waals surface area contributed by atoms with E-state index in [1.807, 2.05) is 0 Å². The van der Waals surface area contributed by atoms with Crippen molar-refractivity contribution >= 4 is 27.5 Å². The van der Waals surface area contributed by atoms with Crippen molar-refractivity contribution < 1.29 is 13.5 Å². The Hall–Kier alpha value is 0.590. The fourth-order valence-corrected chi connectivity index (χ4v) is 1.14. The van der Waals surface area contributed by atoms with Crippen molar-refractivity contribution in [3.63, 3.8) is 0 Å². The second-order valence-electron chi connectivity index (χ2n) is 2.42. The van der Waals surface area contributed by atoms with Gasteiger partial charge in [-0.1, -0.05) is 15.9 Å². The van der Waals surface area contributed by atoms with Crippen LogP contribution in [0, 0.1) is 0 Å². The number of ether oxygens (including phenoxy) is 1. The van der Waals surface area contributed by atoms with Crippen LogP contribution in [0.4, 0.5) is 8.78 Å². The Morgan fingerprint density at radius 3 is 2.45 bits per heavy atom. The highest BCUT2D eigenvalue weighted by atomic mass is 79.9. The molecular formula is C6H10BrClF2O. The summed E-state index contributed by atoms with van der Waals surface area (Å²) in [6, 6.07) is 0. The number of alkyl halides is 4. The highest BCUT2D eigenvalue weighted by molar-refractivity contribution is 9.09. The van der Waals surface area contributed by atoms with Crippen molar-refractivity contribution in [2.24, 2.45) is 0 Å². The Morgan fingerprint density at radius 1 is 1.64 bits per heavy atom. The van der Waals surface area contributed by atoms with Gasteiger partial charge in [0.05, 0.1) is 11.5 Å². The SMILES string of the molecule is CC(CCl)(CBr)OCC(F)F. The first-order valence-electron chi connectivity index (χ1n) is 3.08. The van der Waals surface area contributed by atoms with Gasteiger partial charge < -0.3 is 4.74 Å². The Balaban J connectivity index is 3.69. The molecule has 0 radical (unpaired) electrons. The average Bonchev–Trinajstić information content (AvgIpc) is 2.00. The van der Waals surface area contributed by atoms with Crippen LogP contribution in [0.25, 0.3) is 0 Å². The molecule has 0 bridgehead atoms. The van der Waals surface area contributed by atoms with E-state index in [0.29, 0.717) is 5.33 Å². The molecule has 0 rings (SSSR count). The number of hydrogen-bond donors (Lipinski definition) is 0. The Kier molecular flexibility index (Phi) is 5.56. The van der Waals surface area contributed by atoms with Crippen LogP contribution in [0.15, 0.2) is 0 Å². The Bertz CT molecular complexity index is 109. The number of hydrogen-bond acceptors (Lipinski definition) is 1. The summed E-state index contributed by atoms with van der Waals surface area (Å²) in [6.45, 7) is 1.12. The first-order valence-corrected chi connectivity index (χ1v) is 4.74. The molecule has 68 valence electrons. The van der Waals surface area contributed by atoms with E-state index in [-0.39, 0.29) is 5.88 Å². The van der Waals surface area contributed by atoms with Gasteiger partial charge in [-0.15, -0.1) is 11.6 Å². The maximum atomic E-state index is 11.7. The van der Waals surface area contributed by atoms with Crippen molar-refractivity contribution in [1.29, 1.82) is 0 Å². The second-order valence-corrected chi connectivity index (χ2v) is 3.25. The van der Waals surface area contributed by atoms with Crippen molar-refractivity contribution in [2.75, 3.05) is 17.8 Å². The van der Waals surface area contributed by atoms with Gasteiger partial charge in [-0.2, -0.15) is 0 Å². The lowest BCUT2D eigenvalue weighted by molar-refractivity contribution is -0.0552. The van der Waals surface area contributed by atoms with Gasteiger partial charge in [0.15, 0.2) is 0 Å². The summed E-state index contributed by atoms with van der Waals surface area (Å²) in [6.07, 6.45) is -2.43. The van der Waals surface area contributed by atoms with E-state index in [9.17, 15) is 8.78 Å². The van der Waals surface area contributed by atoms with Gasteiger partial charge >= 0.3 is 0 Å². The molecule has 1 nitrogen and oxygen atoms in total. The topological polar surface area (TPSA) is 9.23 Å². The largest absolute Gasteiger partial charge is 0.367 e. The minimum Gasteiger partial charge on any atom is -0.367 e. The third-order valence-electron chi connectivity index (χ3n) is 1.12. The molecule has 0 amide bonds. The maximum Gasteiger partial charge on any atom is 0.261 e. The monoisotopic (exact) mass is 250 g/mol. The molecule has 11 heavy (non-hydrogen) atoms. The summed E-state index contributed by atoms with van der Waals surface area (Å²) in [7, 11) is 0. The van der Waals surface area contributed by atoms with Gasteiger partial charge in [-0.3, -0.25) is 0 Å². The molecule has 0 spiro atoms. The molecule has 1 atom stereocenters. The average molecular weight is 251 g/mol. The molecular weight excluding hydrogens is 241 g/mol. The van der Waals surface area contributed by atoms with Crippen LogP contribution in [0.5, 0.6) is 0 Å². The molecule has 0 fully saturated rings. The first kappa shape index (κ1) is 11.6. The van der Waals surface area contributed by atoms with E-state index in [1.54, 1.807) is 6.92 Å².